The van der Waals surface area contributed by atoms with Gasteiger partial charge in [-0.2, -0.15) is 0 Å². The Bertz CT molecular complexity index is 1080. The van der Waals surface area contributed by atoms with Crippen molar-refractivity contribution in [3.63, 3.8) is 0 Å². The maximum absolute atomic E-state index is 12.5. The lowest BCUT2D eigenvalue weighted by molar-refractivity contribution is -0.133. The molecule has 0 atom stereocenters. The van der Waals surface area contributed by atoms with Crippen LogP contribution in [-0.4, -0.2) is 43.6 Å². The van der Waals surface area contributed by atoms with Crippen LogP contribution in [-0.2, 0) is 4.79 Å². The summed E-state index contributed by atoms with van der Waals surface area (Å²) in [7, 11) is 0. The first-order chi connectivity index (χ1) is 14.0. The van der Waals surface area contributed by atoms with Gasteiger partial charge >= 0.3 is 5.63 Å². The molecule has 6 nitrogen and oxygen atoms in total. The SMILES string of the molecule is Cc1c(C)c2ccc(OCC(=O)N3CCN(c4ccccc4)CC3)cc2oc1=O. The van der Waals surface area contributed by atoms with Crippen LogP contribution in [0.3, 0.4) is 0 Å². The van der Waals surface area contributed by atoms with E-state index in [9.17, 15) is 9.59 Å². The van der Waals surface area contributed by atoms with Gasteiger partial charge in [0.1, 0.15) is 11.3 Å². The molecule has 1 aromatic heterocycles. The number of rotatable bonds is 4. The van der Waals surface area contributed by atoms with Crippen LogP contribution in [0.2, 0.25) is 0 Å². The van der Waals surface area contributed by atoms with E-state index in [0.29, 0.717) is 30.0 Å². The van der Waals surface area contributed by atoms with Gasteiger partial charge in [-0.25, -0.2) is 4.79 Å². The van der Waals surface area contributed by atoms with E-state index in [-0.39, 0.29) is 18.1 Å². The van der Waals surface area contributed by atoms with E-state index in [0.717, 1.165) is 24.0 Å². The highest BCUT2D eigenvalue weighted by Gasteiger charge is 2.21. The monoisotopic (exact) mass is 392 g/mol. The number of hydrogen-bond acceptors (Lipinski definition) is 5. The predicted molar refractivity (Wildman–Crippen MR) is 113 cm³/mol. The van der Waals surface area contributed by atoms with Gasteiger partial charge in [0, 0.05) is 48.9 Å². The molecule has 1 amide bonds. The minimum Gasteiger partial charge on any atom is -0.484 e. The maximum Gasteiger partial charge on any atom is 0.339 e. The second-order valence-corrected chi connectivity index (χ2v) is 7.29. The number of fused-ring (bicyclic) bond motifs is 1. The van der Waals surface area contributed by atoms with Gasteiger partial charge in [-0.3, -0.25) is 4.79 Å². The highest BCUT2D eigenvalue weighted by Crippen LogP contribution is 2.24. The fraction of sp³-hybridized carbons (Fsp3) is 0.304. The van der Waals surface area contributed by atoms with Crippen molar-refractivity contribution in [1.29, 1.82) is 0 Å². The number of amides is 1. The Kier molecular flexibility index (Phi) is 5.25. The molecule has 0 radical (unpaired) electrons. The zero-order chi connectivity index (χ0) is 20.4. The van der Waals surface area contributed by atoms with E-state index in [2.05, 4.69) is 17.0 Å². The molecule has 6 heteroatoms. The minimum atomic E-state index is -0.348. The van der Waals surface area contributed by atoms with Crippen LogP contribution in [0, 0.1) is 13.8 Å². The first-order valence-corrected chi connectivity index (χ1v) is 9.77. The second kappa shape index (κ2) is 7.99. The summed E-state index contributed by atoms with van der Waals surface area (Å²) in [6, 6.07) is 15.5. The van der Waals surface area contributed by atoms with Gasteiger partial charge in [0.05, 0.1) is 0 Å². The van der Waals surface area contributed by atoms with E-state index in [1.807, 2.05) is 36.1 Å². The molecule has 0 saturated carbocycles. The largest absolute Gasteiger partial charge is 0.484 e. The maximum atomic E-state index is 12.5. The molecule has 1 aliphatic rings. The average Bonchev–Trinajstić information content (AvgIpc) is 2.76. The van der Waals surface area contributed by atoms with Crippen molar-refractivity contribution in [3.8, 4) is 5.75 Å². The standard InChI is InChI=1S/C23H24N2O4/c1-16-17(2)23(27)29-21-14-19(8-9-20(16)21)28-15-22(26)25-12-10-24(11-13-25)18-6-4-3-5-7-18/h3-9,14H,10-13,15H2,1-2H3. The molecule has 2 heterocycles. The van der Waals surface area contributed by atoms with Crippen LogP contribution in [0.5, 0.6) is 5.75 Å². The third kappa shape index (κ3) is 3.97. The van der Waals surface area contributed by atoms with Crippen molar-refractivity contribution in [2.75, 3.05) is 37.7 Å². The first kappa shape index (κ1) is 19.1. The van der Waals surface area contributed by atoms with Crippen LogP contribution in [0.4, 0.5) is 5.69 Å². The molecule has 0 aliphatic carbocycles. The molecule has 0 bridgehead atoms. The van der Waals surface area contributed by atoms with Gasteiger partial charge in [-0.05, 0) is 43.7 Å². The first-order valence-electron chi connectivity index (χ1n) is 9.77. The highest BCUT2D eigenvalue weighted by molar-refractivity contribution is 5.82. The quantitative estimate of drug-likeness (QED) is 0.639. The summed E-state index contributed by atoms with van der Waals surface area (Å²) in [6.07, 6.45) is 0. The molecule has 0 spiro atoms. The Hall–Kier alpha value is -3.28. The number of aryl methyl sites for hydroxylation is 1. The summed E-state index contributed by atoms with van der Waals surface area (Å²) in [4.78, 5) is 28.5. The molecule has 3 aromatic rings. The smallest absolute Gasteiger partial charge is 0.339 e. The van der Waals surface area contributed by atoms with Gasteiger partial charge in [0.2, 0.25) is 0 Å². The molecule has 1 saturated heterocycles. The summed E-state index contributed by atoms with van der Waals surface area (Å²) in [6.45, 7) is 6.55. The summed E-state index contributed by atoms with van der Waals surface area (Å²) in [5.41, 5.74) is 2.81. The Labute approximate surface area is 169 Å². The lowest BCUT2D eigenvalue weighted by Crippen LogP contribution is -2.50. The Balaban J connectivity index is 1.36. The molecular weight excluding hydrogens is 368 g/mol. The average molecular weight is 392 g/mol. The lowest BCUT2D eigenvalue weighted by atomic mass is 10.1. The minimum absolute atomic E-state index is 0.0358. The van der Waals surface area contributed by atoms with Crippen molar-refractivity contribution >= 4 is 22.6 Å². The number of anilines is 1. The molecule has 0 unspecified atom stereocenters. The van der Waals surface area contributed by atoms with Gasteiger partial charge in [0.15, 0.2) is 6.61 Å². The highest BCUT2D eigenvalue weighted by atomic mass is 16.5. The fourth-order valence-electron chi connectivity index (χ4n) is 3.61. The third-order valence-electron chi connectivity index (χ3n) is 5.54. The van der Waals surface area contributed by atoms with E-state index >= 15 is 0 Å². The van der Waals surface area contributed by atoms with Crippen LogP contribution >= 0.6 is 0 Å². The van der Waals surface area contributed by atoms with Crippen molar-refractivity contribution < 1.29 is 13.9 Å². The van der Waals surface area contributed by atoms with Gasteiger partial charge in [-0.15, -0.1) is 0 Å². The van der Waals surface area contributed by atoms with Crippen molar-refractivity contribution in [1.82, 2.24) is 4.90 Å². The van der Waals surface area contributed by atoms with Crippen molar-refractivity contribution in [2.24, 2.45) is 0 Å². The molecule has 0 N–H and O–H groups in total. The normalized spacial score (nSPS) is 14.3. The molecule has 1 fully saturated rings. The summed E-state index contributed by atoms with van der Waals surface area (Å²) >= 11 is 0. The lowest BCUT2D eigenvalue weighted by Gasteiger charge is -2.36. The number of para-hydroxylation sites is 1. The fourth-order valence-corrected chi connectivity index (χ4v) is 3.61. The number of benzene rings is 2. The zero-order valence-corrected chi connectivity index (χ0v) is 16.7. The van der Waals surface area contributed by atoms with E-state index in [1.54, 1.807) is 19.1 Å². The van der Waals surface area contributed by atoms with Crippen LogP contribution < -0.4 is 15.3 Å². The number of ether oxygens (including phenoxy) is 1. The van der Waals surface area contributed by atoms with Crippen LogP contribution in [0.25, 0.3) is 11.0 Å². The van der Waals surface area contributed by atoms with Crippen LogP contribution in [0.15, 0.2) is 57.7 Å². The third-order valence-corrected chi connectivity index (χ3v) is 5.54. The van der Waals surface area contributed by atoms with Gasteiger partial charge < -0.3 is 19.0 Å². The molecule has 4 rings (SSSR count). The van der Waals surface area contributed by atoms with Crippen molar-refractivity contribution in [3.05, 3.63) is 70.1 Å². The topological polar surface area (TPSA) is 63.0 Å². The number of nitrogens with zero attached hydrogens (tertiary/aromatic N) is 2. The van der Waals surface area contributed by atoms with E-state index in [1.165, 1.54) is 5.69 Å². The molecule has 150 valence electrons. The molecule has 29 heavy (non-hydrogen) atoms. The zero-order valence-electron chi connectivity index (χ0n) is 16.7. The number of carbonyl (C=O) groups excluding carboxylic acids is 1. The summed E-state index contributed by atoms with van der Waals surface area (Å²) in [5, 5.41) is 0.873. The van der Waals surface area contributed by atoms with Crippen LogP contribution in [0.1, 0.15) is 11.1 Å². The molecule has 1 aliphatic heterocycles. The summed E-state index contributed by atoms with van der Waals surface area (Å²) in [5.74, 6) is 0.472. The second-order valence-electron chi connectivity index (χ2n) is 7.29. The van der Waals surface area contributed by atoms with Crippen molar-refractivity contribution in [2.45, 2.75) is 13.8 Å². The molecular formula is C23H24N2O4. The summed E-state index contributed by atoms with van der Waals surface area (Å²) < 4.78 is 11.0. The van der Waals surface area contributed by atoms with Gasteiger partial charge in [0.25, 0.3) is 5.91 Å². The Morgan fingerprint density at radius 2 is 1.72 bits per heavy atom. The Morgan fingerprint density at radius 3 is 2.45 bits per heavy atom. The van der Waals surface area contributed by atoms with Gasteiger partial charge in [-0.1, -0.05) is 18.2 Å². The molecule has 2 aromatic carbocycles. The van der Waals surface area contributed by atoms with E-state index < -0.39 is 0 Å². The van der Waals surface area contributed by atoms with E-state index in [4.69, 9.17) is 9.15 Å². The number of carbonyl (C=O) groups is 1. The Morgan fingerprint density at radius 1 is 1.00 bits per heavy atom. The number of piperazine rings is 1. The predicted octanol–water partition coefficient (Wildman–Crippen LogP) is 3.14. The number of hydrogen-bond donors (Lipinski definition) is 0.